The van der Waals surface area contributed by atoms with E-state index in [1.807, 2.05) is 11.0 Å². The Bertz CT molecular complexity index is 468. The molecule has 2 fully saturated rings. The summed E-state index contributed by atoms with van der Waals surface area (Å²) < 4.78 is 0. The Balaban J connectivity index is 1.54. The Kier molecular flexibility index (Phi) is 4.44. The predicted octanol–water partition coefficient (Wildman–Crippen LogP) is 1.85. The zero-order valence-corrected chi connectivity index (χ0v) is 12.6. The molecule has 2 unspecified atom stereocenters. The Labute approximate surface area is 126 Å². The molecule has 2 atom stereocenters. The molecule has 1 aliphatic carbocycles. The second-order valence-electron chi connectivity index (χ2n) is 6.27. The number of nitrogens with zero attached hydrogens (tertiary/aromatic N) is 2. The molecule has 1 saturated heterocycles. The first-order valence-corrected chi connectivity index (χ1v) is 8.08. The van der Waals surface area contributed by atoms with E-state index in [-0.39, 0.29) is 12.0 Å². The van der Waals surface area contributed by atoms with Gasteiger partial charge in [-0.3, -0.25) is 4.79 Å². The quantitative estimate of drug-likeness (QED) is 0.903. The van der Waals surface area contributed by atoms with Crippen molar-refractivity contribution in [1.29, 1.82) is 0 Å². The highest BCUT2D eigenvalue weighted by molar-refractivity contribution is 5.79. The molecule has 0 spiro atoms. The Morgan fingerprint density at radius 1 is 1.05 bits per heavy atom. The number of piperazine rings is 1. The average molecular weight is 287 g/mol. The Morgan fingerprint density at radius 3 is 2.43 bits per heavy atom. The fourth-order valence-corrected chi connectivity index (χ4v) is 3.53. The first-order chi connectivity index (χ1) is 10.2. The number of carbonyl (C=O) groups is 1. The molecule has 1 amide bonds. The van der Waals surface area contributed by atoms with E-state index in [4.69, 9.17) is 5.73 Å². The fraction of sp³-hybridized carbons (Fsp3) is 0.588. The van der Waals surface area contributed by atoms with Crippen LogP contribution in [-0.2, 0) is 4.79 Å². The summed E-state index contributed by atoms with van der Waals surface area (Å²) in [5, 5.41) is 0. The van der Waals surface area contributed by atoms with Crippen LogP contribution in [0, 0.1) is 5.92 Å². The van der Waals surface area contributed by atoms with Crippen LogP contribution in [0.4, 0.5) is 5.69 Å². The van der Waals surface area contributed by atoms with Crippen molar-refractivity contribution in [3.8, 4) is 0 Å². The van der Waals surface area contributed by atoms with Crippen molar-refractivity contribution in [3.05, 3.63) is 30.3 Å². The highest BCUT2D eigenvalue weighted by Crippen LogP contribution is 2.26. The minimum absolute atomic E-state index is 0.164. The zero-order chi connectivity index (χ0) is 14.7. The van der Waals surface area contributed by atoms with E-state index in [1.54, 1.807) is 0 Å². The van der Waals surface area contributed by atoms with E-state index in [9.17, 15) is 4.79 Å². The van der Waals surface area contributed by atoms with Crippen molar-refractivity contribution in [1.82, 2.24) is 4.90 Å². The van der Waals surface area contributed by atoms with Gasteiger partial charge in [-0.15, -0.1) is 0 Å². The van der Waals surface area contributed by atoms with E-state index in [0.29, 0.717) is 5.91 Å². The van der Waals surface area contributed by atoms with Gasteiger partial charge in [-0.2, -0.15) is 0 Å². The highest BCUT2D eigenvalue weighted by Gasteiger charge is 2.30. The van der Waals surface area contributed by atoms with Gasteiger partial charge in [-0.1, -0.05) is 24.6 Å². The molecule has 4 nitrogen and oxygen atoms in total. The minimum Gasteiger partial charge on any atom is -0.368 e. The number of nitrogens with two attached hydrogens (primary N) is 1. The molecule has 1 aromatic carbocycles. The molecular formula is C17H25N3O. The molecule has 21 heavy (non-hydrogen) atoms. The van der Waals surface area contributed by atoms with Gasteiger partial charge in [0.05, 0.1) is 0 Å². The normalized spacial score (nSPS) is 26.7. The summed E-state index contributed by atoms with van der Waals surface area (Å²) in [6.07, 6.45) is 4.07. The number of hydrogen-bond acceptors (Lipinski definition) is 3. The molecule has 0 aromatic heterocycles. The maximum absolute atomic E-state index is 12.6. The van der Waals surface area contributed by atoms with E-state index in [1.165, 1.54) is 5.69 Å². The first-order valence-electron chi connectivity index (χ1n) is 8.08. The van der Waals surface area contributed by atoms with Gasteiger partial charge in [0.25, 0.3) is 0 Å². The topological polar surface area (TPSA) is 49.6 Å². The molecule has 1 aromatic rings. The maximum Gasteiger partial charge on any atom is 0.225 e. The lowest BCUT2D eigenvalue weighted by atomic mass is 9.85. The maximum atomic E-state index is 12.6. The average Bonchev–Trinajstić information content (AvgIpc) is 2.55. The summed E-state index contributed by atoms with van der Waals surface area (Å²) in [7, 11) is 0. The molecule has 4 heteroatoms. The molecule has 0 bridgehead atoms. The van der Waals surface area contributed by atoms with Crippen molar-refractivity contribution in [2.45, 2.75) is 31.7 Å². The van der Waals surface area contributed by atoms with E-state index in [0.717, 1.165) is 51.9 Å². The minimum atomic E-state index is 0.164. The third-order valence-electron chi connectivity index (χ3n) is 4.78. The zero-order valence-electron chi connectivity index (χ0n) is 12.6. The van der Waals surface area contributed by atoms with Crippen molar-refractivity contribution < 1.29 is 4.79 Å². The van der Waals surface area contributed by atoms with Gasteiger partial charge in [0, 0.05) is 43.8 Å². The predicted molar refractivity (Wildman–Crippen MR) is 85.2 cm³/mol. The van der Waals surface area contributed by atoms with Gasteiger partial charge in [0.2, 0.25) is 5.91 Å². The van der Waals surface area contributed by atoms with Gasteiger partial charge >= 0.3 is 0 Å². The lowest BCUT2D eigenvalue weighted by Gasteiger charge is -2.38. The lowest BCUT2D eigenvalue weighted by Crippen LogP contribution is -2.51. The summed E-state index contributed by atoms with van der Waals surface area (Å²) in [6.45, 7) is 3.52. The number of hydrogen-bond donors (Lipinski definition) is 1. The second kappa shape index (κ2) is 6.48. The van der Waals surface area contributed by atoms with Gasteiger partial charge in [0.15, 0.2) is 0 Å². The Hall–Kier alpha value is -1.55. The number of para-hydroxylation sites is 1. The third kappa shape index (κ3) is 3.38. The molecule has 1 aliphatic heterocycles. The molecule has 1 heterocycles. The summed E-state index contributed by atoms with van der Waals surface area (Å²) in [5.74, 6) is 0.495. The molecule has 2 aliphatic rings. The molecule has 2 N–H and O–H groups in total. The summed E-state index contributed by atoms with van der Waals surface area (Å²) in [6, 6.07) is 10.7. The van der Waals surface area contributed by atoms with Crippen LogP contribution in [-0.4, -0.2) is 43.0 Å². The molecule has 1 saturated carbocycles. The van der Waals surface area contributed by atoms with Gasteiger partial charge in [0.1, 0.15) is 0 Å². The molecular weight excluding hydrogens is 262 g/mol. The summed E-state index contributed by atoms with van der Waals surface area (Å²) >= 11 is 0. The van der Waals surface area contributed by atoms with Crippen LogP contribution in [0.1, 0.15) is 25.7 Å². The van der Waals surface area contributed by atoms with Crippen molar-refractivity contribution >= 4 is 11.6 Å². The van der Waals surface area contributed by atoms with Crippen LogP contribution in [0.2, 0.25) is 0 Å². The van der Waals surface area contributed by atoms with Crippen LogP contribution in [0.5, 0.6) is 0 Å². The summed E-state index contributed by atoms with van der Waals surface area (Å²) in [4.78, 5) is 17.0. The number of amides is 1. The highest BCUT2D eigenvalue weighted by atomic mass is 16.2. The van der Waals surface area contributed by atoms with Crippen LogP contribution in [0.3, 0.4) is 0 Å². The van der Waals surface area contributed by atoms with Crippen LogP contribution in [0.15, 0.2) is 30.3 Å². The monoisotopic (exact) mass is 287 g/mol. The van der Waals surface area contributed by atoms with Crippen LogP contribution >= 0.6 is 0 Å². The smallest absolute Gasteiger partial charge is 0.225 e. The van der Waals surface area contributed by atoms with Crippen LogP contribution < -0.4 is 10.6 Å². The fourth-order valence-electron chi connectivity index (χ4n) is 3.53. The molecule has 0 radical (unpaired) electrons. The van der Waals surface area contributed by atoms with Crippen molar-refractivity contribution in [2.75, 3.05) is 31.1 Å². The summed E-state index contributed by atoms with van der Waals surface area (Å²) in [5.41, 5.74) is 7.27. The number of rotatable bonds is 2. The van der Waals surface area contributed by atoms with Crippen LogP contribution in [0.25, 0.3) is 0 Å². The molecule has 3 rings (SSSR count). The van der Waals surface area contributed by atoms with Gasteiger partial charge in [-0.25, -0.2) is 0 Å². The molecule has 114 valence electrons. The van der Waals surface area contributed by atoms with E-state index in [2.05, 4.69) is 29.2 Å². The van der Waals surface area contributed by atoms with E-state index >= 15 is 0 Å². The largest absolute Gasteiger partial charge is 0.368 e. The number of anilines is 1. The van der Waals surface area contributed by atoms with Gasteiger partial charge < -0.3 is 15.5 Å². The number of carbonyl (C=O) groups excluding carboxylic acids is 1. The SMILES string of the molecule is NC1CCCC(C(=O)N2CCN(c3ccccc3)CC2)C1. The standard InChI is InChI=1S/C17H25N3O/c18-15-6-4-5-14(13-15)17(21)20-11-9-19(10-12-20)16-7-2-1-3-8-16/h1-3,7-8,14-15H,4-6,9-13,18H2. The first kappa shape index (κ1) is 14.4. The van der Waals surface area contributed by atoms with E-state index < -0.39 is 0 Å². The lowest BCUT2D eigenvalue weighted by molar-refractivity contribution is -0.137. The Morgan fingerprint density at radius 2 is 1.76 bits per heavy atom. The second-order valence-corrected chi connectivity index (χ2v) is 6.27. The van der Waals surface area contributed by atoms with Crippen molar-refractivity contribution in [3.63, 3.8) is 0 Å². The number of benzene rings is 1. The third-order valence-corrected chi connectivity index (χ3v) is 4.78. The van der Waals surface area contributed by atoms with Crippen molar-refractivity contribution in [2.24, 2.45) is 11.7 Å². The van der Waals surface area contributed by atoms with Gasteiger partial charge in [-0.05, 0) is 31.4 Å².